The maximum atomic E-state index is 13.1. The van der Waals surface area contributed by atoms with Gasteiger partial charge in [0, 0.05) is 18.2 Å². The first-order valence-electron chi connectivity index (χ1n) is 5.29. The molecule has 0 aliphatic carbocycles. The van der Waals surface area contributed by atoms with E-state index in [1.54, 1.807) is 6.92 Å². The second-order valence-corrected chi connectivity index (χ2v) is 3.69. The minimum absolute atomic E-state index is 0.0165. The molecule has 2 aromatic rings. The van der Waals surface area contributed by atoms with Gasteiger partial charge in [-0.05, 0) is 25.1 Å². The Morgan fingerprint density at radius 2 is 1.89 bits per heavy atom. The average molecular weight is 252 g/mol. The van der Waals surface area contributed by atoms with Crippen molar-refractivity contribution in [1.82, 2.24) is 9.78 Å². The molecule has 0 aliphatic heterocycles. The molecular formula is C12H10F2N2O2. The van der Waals surface area contributed by atoms with Crippen LogP contribution in [0.3, 0.4) is 0 Å². The van der Waals surface area contributed by atoms with Gasteiger partial charge in [-0.15, -0.1) is 0 Å². The maximum absolute atomic E-state index is 13.1. The van der Waals surface area contributed by atoms with Crippen LogP contribution < -0.4 is 0 Å². The number of hydrogen-bond acceptors (Lipinski definition) is 2. The number of nitrogens with zero attached hydrogens (tertiary/aromatic N) is 2. The molecule has 6 heteroatoms. The normalized spacial score (nSPS) is 10.6. The smallest absolute Gasteiger partial charge is 0.354 e. The first-order valence-corrected chi connectivity index (χ1v) is 5.29. The van der Waals surface area contributed by atoms with Gasteiger partial charge in [-0.2, -0.15) is 5.10 Å². The number of hydrogen-bond donors (Lipinski definition) is 1. The summed E-state index contributed by atoms with van der Waals surface area (Å²) >= 11 is 0. The van der Waals surface area contributed by atoms with Crippen LogP contribution >= 0.6 is 0 Å². The van der Waals surface area contributed by atoms with Gasteiger partial charge in [0.15, 0.2) is 0 Å². The summed E-state index contributed by atoms with van der Waals surface area (Å²) in [6, 6.07) is 4.26. The highest BCUT2D eigenvalue weighted by Gasteiger charge is 2.15. The fourth-order valence-electron chi connectivity index (χ4n) is 1.67. The van der Waals surface area contributed by atoms with Crippen LogP contribution in [0.5, 0.6) is 0 Å². The van der Waals surface area contributed by atoms with Crippen molar-refractivity contribution in [3.05, 3.63) is 41.6 Å². The summed E-state index contributed by atoms with van der Waals surface area (Å²) in [5, 5.41) is 13.0. The van der Waals surface area contributed by atoms with E-state index < -0.39 is 17.6 Å². The number of halogens is 2. The van der Waals surface area contributed by atoms with Gasteiger partial charge in [0.2, 0.25) is 0 Å². The van der Waals surface area contributed by atoms with Crippen LogP contribution in [-0.4, -0.2) is 20.9 Å². The molecule has 1 heterocycles. The third kappa shape index (κ3) is 2.22. The topological polar surface area (TPSA) is 55.1 Å². The van der Waals surface area contributed by atoms with Crippen LogP contribution in [-0.2, 0) is 6.54 Å². The first-order chi connectivity index (χ1) is 8.51. The van der Waals surface area contributed by atoms with Crippen molar-refractivity contribution >= 4 is 5.97 Å². The molecule has 0 spiro atoms. The number of rotatable bonds is 3. The predicted molar refractivity (Wildman–Crippen MR) is 60.2 cm³/mol. The number of aryl methyl sites for hydroxylation is 1. The first kappa shape index (κ1) is 12.2. The van der Waals surface area contributed by atoms with E-state index in [0.717, 1.165) is 18.2 Å². The molecule has 0 bridgehead atoms. The van der Waals surface area contributed by atoms with E-state index in [9.17, 15) is 13.6 Å². The molecule has 0 amide bonds. The molecule has 0 radical (unpaired) electrons. The van der Waals surface area contributed by atoms with E-state index in [0.29, 0.717) is 6.54 Å². The fraction of sp³-hybridized carbons (Fsp3) is 0.167. The zero-order valence-corrected chi connectivity index (χ0v) is 9.52. The SMILES string of the molecule is CCn1nc(-c2cc(F)cc(F)c2)cc1C(=O)O. The molecule has 2 rings (SSSR count). The highest BCUT2D eigenvalue weighted by molar-refractivity contribution is 5.87. The van der Waals surface area contributed by atoms with Gasteiger partial charge in [0.1, 0.15) is 17.3 Å². The molecular weight excluding hydrogens is 242 g/mol. The van der Waals surface area contributed by atoms with E-state index in [1.165, 1.54) is 10.7 Å². The molecule has 1 aromatic heterocycles. The van der Waals surface area contributed by atoms with Crippen molar-refractivity contribution in [2.24, 2.45) is 0 Å². The largest absolute Gasteiger partial charge is 0.477 e. The van der Waals surface area contributed by atoms with Crippen molar-refractivity contribution < 1.29 is 18.7 Å². The molecule has 0 saturated heterocycles. The van der Waals surface area contributed by atoms with Gasteiger partial charge in [-0.1, -0.05) is 0 Å². The molecule has 0 aliphatic rings. The highest BCUT2D eigenvalue weighted by atomic mass is 19.1. The predicted octanol–water partition coefficient (Wildman–Crippen LogP) is 2.55. The molecule has 4 nitrogen and oxygen atoms in total. The number of aromatic nitrogens is 2. The van der Waals surface area contributed by atoms with Crippen LogP contribution in [0.2, 0.25) is 0 Å². The summed E-state index contributed by atoms with van der Waals surface area (Å²) in [7, 11) is 0. The molecule has 1 aromatic carbocycles. The van der Waals surface area contributed by atoms with Gasteiger partial charge >= 0.3 is 5.97 Å². The Morgan fingerprint density at radius 3 is 2.33 bits per heavy atom. The Labute approximate surface area is 101 Å². The lowest BCUT2D eigenvalue weighted by Gasteiger charge is -1.99. The highest BCUT2D eigenvalue weighted by Crippen LogP contribution is 2.21. The lowest BCUT2D eigenvalue weighted by molar-refractivity contribution is 0.0683. The van der Waals surface area contributed by atoms with Gasteiger partial charge in [-0.25, -0.2) is 13.6 Å². The summed E-state index contributed by atoms with van der Waals surface area (Å²) in [6.07, 6.45) is 0. The standard InChI is InChI=1S/C12H10F2N2O2/c1-2-16-11(12(17)18)6-10(15-16)7-3-8(13)5-9(14)4-7/h3-6H,2H2,1H3,(H,17,18). The summed E-state index contributed by atoms with van der Waals surface area (Å²) in [5.74, 6) is -2.59. The Morgan fingerprint density at radius 1 is 1.28 bits per heavy atom. The molecule has 18 heavy (non-hydrogen) atoms. The van der Waals surface area contributed by atoms with E-state index in [2.05, 4.69) is 5.10 Å². The Hall–Kier alpha value is -2.24. The lowest BCUT2D eigenvalue weighted by atomic mass is 10.1. The van der Waals surface area contributed by atoms with Crippen LogP contribution in [0.15, 0.2) is 24.3 Å². The van der Waals surface area contributed by atoms with Gasteiger partial charge in [-0.3, -0.25) is 4.68 Å². The number of carboxylic acids is 1. The van der Waals surface area contributed by atoms with Crippen LogP contribution in [0.1, 0.15) is 17.4 Å². The summed E-state index contributed by atoms with van der Waals surface area (Å²) in [6.45, 7) is 2.09. The lowest BCUT2D eigenvalue weighted by Crippen LogP contribution is -2.08. The van der Waals surface area contributed by atoms with Gasteiger partial charge in [0.05, 0.1) is 5.69 Å². The second kappa shape index (κ2) is 4.56. The maximum Gasteiger partial charge on any atom is 0.354 e. The number of benzene rings is 1. The van der Waals surface area contributed by atoms with E-state index in [-0.39, 0.29) is 17.0 Å². The average Bonchev–Trinajstić information content (AvgIpc) is 2.71. The molecule has 0 fully saturated rings. The fourth-order valence-corrected chi connectivity index (χ4v) is 1.67. The zero-order valence-electron chi connectivity index (χ0n) is 9.52. The Balaban J connectivity index is 2.54. The van der Waals surface area contributed by atoms with E-state index in [1.807, 2.05) is 0 Å². The minimum Gasteiger partial charge on any atom is -0.477 e. The van der Waals surface area contributed by atoms with E-state index >= 15 is 0 Å². The number of aromatic carboxylic acids is 1. The van der Waals surface area contributed by atoms with Crippen LogP contribution in [0, 0.1) is 11.6 Å². The molecule has 1 N–H and O–H groups in total. The van der Waals surface area contributed by atoms with Crippen molar-refractivity contribution in [3.8, 4) is 11.3 Å². The summed E-state index contributed by atoms with van der Waals surface area (Å²) in [4.78, 5) is 11.0. The number of carbonyl (C=O) groups is 1. The Kier molecular flexibility index (Phi) is 3.10. The van der Waals surface area contributed by atoms with Gasteiger partial charge < -0.3 is 5.11 Å². The third-order valence-corrected chi connectivity index (χ3v) is 2.46. The zero-order chi connectivity index (χ0) is 13.3. The van der Waals surface area contributed by atoms with Crippen molar-refractivity contribution in [2.75, 3.05) is 0 Å². The van der Waals surface area contributed by atoms with Gasteiger partial charge in [0.25, 0.3) is 0 Å². The molecule has 0 saturated carbocycles. The monoisotopic (exact) mass is 252 g/mol. The van der Waals surface area contributed by atoms with Crippen LogP contribution in [0.25, 0.3) is 11.3 Å². The third-order valence-electron chi connectivity index (χ3n) is 2.46. The van der Waals surface area contributed by atoms with Crippen LogP contribution in [0.4, 0.5) is 8.78 Å². The number of carboxylic acid groups (broad SMARTS) is 1. The molecule has 0 unspecified atom stereocenters. The molecule has 0 atom stereocenters. The van der Waals surface area contributed by atoms with E-state index in [4.69, 9.17) is 5.11 Å². The van der Waals surface area contributed by atoms with Crippen molar-refractivity contribution in [3.63, 3.8) is 0 Å². The summed E-state index contributed by atoms with van der Waals surface area (Å²) < 4.78 is 27.4. The molecule has 94 valence electrons. The second-order valence-electron chi connectivity index (χ2n) is 3.69. The quantitative estimate of drug-likeness (QED) is 0.913. The minimum atomic E-state index is -1.13. The summed E-state index contributed by atoms with van der Waals surface area (Å²) in [5.41, 5.74) is 0.423. The van der Waals surface area contributed by atoms with Crippen molar-refractivity contribution in [1.29, 1.82) is 0 Å². The van der Waals surface area contributed by atoms with Crippen molar-refractivity contribution in [2.45, 2.75) is 13.5 Å². The Bertz CT molecular complexity index is 588.